The van der Waals surface area contributed by atoms with Crippen LogP contribution in [0.4, 0.5) is 0 Å². The Balaban J connectivity index is 1.96. The van der Waals surface area contributed by atoms with Gasteiger partial charge in [-0.25, -0.2) is 0 Å². The molecule has 0 aromatic carbocycles. The van der Waals surface area contributed by atoms with E-state index in [-0.39, 0.29) is 17.0 Å². The second kappa shape index (κ2) is 2.76. The van der Waals surface area contributed by atoms with Gasteiger partial charge in [-0.3, -0.25) is 4.79 Å². The molecule has 2 saturated heterocycles. The van der Waals surface area contributed by atoms with Crippen LogP contribution in [-0.4, -0.2) is 24.8 Å². The van der Waals surface area contributed by atoms with Crippen LogP contribution in [0.5, 0.6) is 0 Å². The molecule has 3 nitrogen and oxygen atoms in total. The first-order valence-electron chi connectivity index (χ1n) is 5.82. The largest absolute Gasteiger partial charge is 0.469 e. The Kier molecular flexibility index (Phi) is 1.77. The maximum absolute atomic E-state index is 11.9. The summed E-state index contributed by atoms with van der Waals surface area (Å²) in [4.78, 5) is 11.9. The number of hydrogen-bond acceptors (Lipinski definition) is 3. The molecule has 0 N–H and O–H groups in total. The van der Waals surface area contributed by atoms with Gasteiger partial charge in [0.1, 0.15) is 0 Å². The van der Waals surface area contributed by atoms with Crippen LogP contribution < -0.4 is 0 Å². The average molecular weight is 210 g/mol. The van der Waals surface area contributed by atoms with Crippen molar-refractivity contribution in [2.24, 2.45) is 11.3 Å². The molecule has 0 aromatic heterocycles. The minimum absolute atomic E-state index is 0.00794. The van der Waals surface area contributed by atoms with Crippen molar-refractivity contribution in [2.45, 2.75) is 50.7 Å². The molecule has 2 heterocycles. The van der Waals surface area contributed by atoms with Crippen LogP contribution in [0, 0.1) is 11.3 Å². The van der Waals surface area contributed by atoms with Gasteiger partial charge in [0.25, 0.3) is 0 Å². The average Bonchev–Trinajstić information content (AvgIpc) is 2.12. The summed E-state index contributed by atoms with van der Waals surface area (Å²) in [6.45, 7) is 2.15. The van der Waals surface area contributed by atoms with Gasteiger partial charge in [0.2, 0.25) is 0 Å². The van der Waals surface area contributed by atoms with Gasteiger partial charge in [0, 0.05) is 0 Å². The summed E-state index contributed by atoms with van der Waals surface area (Å²) in [7, 11) is 1.50. The summed E-state index contributed by atoms with van der Waals surface area (Å²) in [5.74, 6) is 0.668. The number of rotatable bonds is 1. The molecule has 4 fully saturated rings. The lowest BCUT2D eigenvalue weighted by atomic mass is 9.54. The van der Waals surface area contributed by atoms with E-state index in [0.29, 0.717) is 12.0 Å². The number of esters is 1. The normalized spacial score (nSPS) is 51.9. The number of hydrogen-bond donors (Lipinski definition) is 0. The first-order chi connectivity index (χ1) is 7.05. The Morgan fingerprint density at radius 2 is 2.20 bits per heavy atom. The van der Waals surface area contributed by atoms with Crippen molar-refractivity contribution in [2.75, 3.05) is 7.11 Å². The standard InChI is InChI=1S/C12H18O3/c1-11-4-8-3-9(15-11)6-12(5-8,7-11)10(13)14-2/h8-9H,3-7H2,1-2H3. The first kappa shape index (κ1) is 9.64. The number of carbonyl (C=O) groups excluding carboxylic acids is 1. The van der Waals surface area contributed by atoms with Crippen molar-refractivity contribution in [3.8, 4) is 0 Å². The van der Waals surface area contributed by atoms with Crippen LogP contribution >= 0.6 is 0 Å². The van der Waals surface area contributed by atoms with E-state index < -0.39 is 0 Å². The Morgan fingerprint density at radius 3 is 2.80 bits per heavy atom. The van der Waals surface area contributed by atoms with Gasteiger partial charge in [-0.15, -0.1) is 0 Å². The van der Waals surface area contributed by atoms with Gasteiger partial charge in [0.05, 0.1) is 24.2 Å². The first-order valence-corrected chi connectivity index (χ1v) is 5.82. The number of methoxy groups -OCH3 is 1. The fourth-order valence-electron chi connectivity index (χ4n) is 4.35. The van der Waals surface area contributed by atoms with Crippen molar-refractivity contribution >= 4 is 5.97 Å². The second-order valence-corrected chi connectivity index (χ2v) is 5.85. The highest BCUT2D eigenvalue weighted by Gasteiger charge is 2.60. The van der Waals surface area contributed by atoms with E-state index in [1.54, 1.807) is 0 Å². The number of ether oxygens (including phenoxy) is 2. The molecule has 4 aliphatic rings. The van der Waals surface area contributed by atoms with E-state index >= 15 is 0 Å². The molecular formula is C12H18O3. The number of carbonyl (C=O) groups is 1. The molecule has 0 amide bonds. The molecule has 84 valence electrons. The van der Waals surface area contributed by atoms with Crippen molar-refractivity contribution < 1.29 is 14.3 Å². The molecule has 4 unspecified atom stereocenters. The molecule has 4 atom stereocenters. The fourth-order valence-corrected chi connectivity index (χ4v) is 4.35. The highest BCUT2D eigenvalue weighted by Crippen LogP contribution is 2.59. The van der Waals surface area contributed by atoms with Gasteiger partial charge in [0.15, 0.2) is 0 Å². The third-order valence-electron chi connectivity index (χ3n) is 4.40. The maximum Gasteiger partial charge on any atom is 0.312 e. The minimum atomic E-state index is -0.215. The van der Waals surface area contributed by atoms with Crippen LogP contribution in [-0.2, 0) is 14.3 Å². The Bertz CT molecular complexity index is 296. The summed E-state index contributed by atoms with van der Waals surface area (Å²) >= 11 is 0. The predicted octanol–water partition coefficient (Wildman–Crippen LogP) is 1.90. The van der Waals surface area contributed by atoms with Crippen molar-refractivity contribution in [1.29, 1.82) is 0 Å². The monoisotopic (exact) mass is 210 g/mol. The summed E-state index contributed by atoms with van der Waals surface area (Å²) in [5, 5.41) is 0. The third kappa shape index (κ3) is 1.25. The maximum atomic E-state index is 11.9. The smallest absolute Gasteiger partial charge is 0.312 e. The summed E-state index contributed by atoms with van der Waals surface area (Å²) in [5.41, 5.74) is -0.272. The lowest BCUT2D eigenvalue weighted by Gasteiger charge is -2.59. The Hall–Kier alpha value is -0.570. The van der Waals surface area contributed by atoms with Crippen LogP contribution in [0.3, 0.4) is 0 Å². The van der Waals surface area contributed by atoms with E-state index in [1.165, 1.54) is 7.11 Å². The Morgan fingerprint density at radius 1 is 1.40 bits per heavy atom. The Labute approximate surface area is 90.1 Å². The van der Waals surface area contributed by atoms with Gasteiger partial charge >= 0.3 is 5.97 Å². The highest BCUT2D eigenvalue weighted by atomic mass is 16.5. The lowest BCUT2D eigenvalue weighted by molar-refractivity contribution is -0.244. The van der Waals surface area contributed by atoms with Crippen molar-refractivity contribution in [1.82, 2.24) is 0 Å². The molecule has 3 heteroatoms. The fraction of sp³-hybridized carbons (Fsp3) is 0.917. The van der Waals surface area contributed by atoms with Gasteiger partial charge < -0.3 is 9.47 Å². The van der Waals surface area contributed by atoms with Gasteiger partial charge in [-0.1, -0.05) is 0 Å². The topological polar surface area (TPSA) is 35.5 Å². The van der Waals surface area contributed by atoms with Crippen molar-refractivity contribution in [3.05, 3.63) is 0 Å². The molecule has 4 rings (SSSR count). The molecule has 4 bridgehead atoms. The summed E-state index contributed by atoms with van der Waals surface area (Å²) in [6, 6.07) is 0. The summed E-state index contributed by atoms with van der Waals surface area (Å²) < 4.78 is 11.0. The third-order valence-corrected chi connectivity index (χ3v) is 4.40. The molecule has 15 heavy (non-hydrogen) atoms. The quantitative estimate of drug-likeness (QED) is 0.620. The molecule has 2 aliphatic carbocycles. The molecule has 0 spiro atoms. The predicted molar refractivity (Wildman–Crippen MR) is 54.3 cm³/mol. The van der Waals surface area contributed by atoms with Crippen LogP contribution in [0.25, 0.3) is 0 Å². The molecule has 2 saturated carbocycles. The zero-order chi connectivity index (χ0) is 10.7. The van der Waals surface area contributed by atoms with E-state index in [4.69, 9.17) is 9.47 Å². The molecular weight excluding hydrogens is 192 g/mol. The van der Waals surface area contributed by atoms with Gasteiger partial charge in [-0.05, 0) is 44.9 Å². The van der Waals surface area contributed by atoms with Crippen LogP contribution in [0.2, 0.25) is 0 Å². The van der Waals surface area contributed by atoms with E-state index in [1.807, 2.05) is 0 Å². The van der Waals surface area contributed by atoms with Crippen LogP contribution in [0.1, 0.15) is 39.0 Å². The van der Waals surface area contributed by atoms with Crippen molar-refractivity contribution in [3.63, 3.8) is 0 Å². The van der Waals surface area contributed by atoms with E-state index in [0.717, 1.165) is 32.1 Å². The van der Waals surface area contributed by atoms with Crippen LogP contribution in [0.15, 0.2) is 0 Å². The SMILES string of the molecule is COC(=O)C12CC3CC(C1)OC(C)(C3)C2. The zero-order valence-corrected chi connectivity index (χ0v) is 9.41. The second-order valence-electron chi connectivity index (χ2n) is 5.85. The van der Waals surface area contributed by atoms with Gasteiger partial charge in [-0.2, -0.15) is 0 Å². The minimum Gasteiger partial charge on any atom is -0.469 e. The summed E-state index contributed by atoms with van der Waals surface area (Å²) in [6.07, 6.45) is 5.34. The van der Waals surface area contributed by atoms with E-state index in [9.17, 15) is 4.79 Å². The lowest BCUT2D eigenvalue weighted by Crippen LogP contribution is -2.60. The molecule has 2 aliphatic heterocycles. The zero-order valence-electron chi connectivity index (χ0n) is 9.41. The molecule has 0 aromatic rings. The highest BCUT2D eigenvalue weighted by molar-refractivity contribution is 5.77. The van der Waals surface area contributed by atoms with E-state index in [2.05, 4.69) is 6.92 Å². The molecule has 0 radical (unpaired) electrons.